The van der Waals surface area contributed by atoms with Crippen LogP contribution < -0.4 is 73.1 Å². The Morgan fingerprint density at radius 1 is 0.273 bits per heavy atom. The van der Waals surface area contributed by atoms with Crippen molar-refractivity contribution in [3.8, 4) is 22.3 Å². The number of benzene rings is 15. The summed E-state index contributed by atoms with van der Waals surface area (Å²) < 4.78 is 8.18. The molecular formula is C99H65B3N6OS. The summed E-state index contributed by atoms with van der Waals surface area (Å²) in [5, 5.41) is 3.70. The van der Waals surface area contributed by atoms with E-state index in [1.807, 2.05) is 11.3 Å². The van der Waals surface area contributed by atoms with Gasteiger partial charge in [0.05, 0.1) is 5.00 Å². The van der Waals surface area contributed by atoms with Crippen LogP contribution in [0.2, 0.25) is 0 Å². The third kappa shape index (κ3) is 8.58. The predicted molar refractivity (Wildman–Crippen MR) is 465 cm³/mol. The van der Waals surface area contributed by atoms with Gasteiger partial charge >= 0.3 is 0 Å². The van der Waals surface area contributed by atoms with Crippen LogP contribution in [-0.4, -0.2) is 20.1 Å². The molecule has 110 heavy (non-hydrogen) atoms. The lowest BCUT2D eigenvalue weighted by molar-refractivity contribution is 0.622. The zero-order chi connectivity index (χ0) is 72.2. The molecule has 512 valence electrons. The molecule has 0 bridgehead atoms. The molecule has 8 heterocycles. The Bertz CT molecular complexity index is 6760. The molecule has 0 amide bonds. The van der Waals surface area contributed by atoms with E-state index in [2.05, 4.69) is 401 Å². The number of hydrogen-bond donors (Lipinski definition) is 0. The number of fused-ring (bicyclic) bond motifs is 17. The number of allylic oxidation sites excluding steroid dienone is 1. The summed E-state index contributed by atoms with van der Waals surface area (Å²) in [5.41, 5.74) is 38.5. The summed E-state index contributed by atoms with van der Waals surface area (Å²) in [6, 6.07) is 133. The quantitative estimate of drug-likeness (QED) is 0.140. The van der Waals surface area contributed by atoms with Crippen molar-refractivity contribution < 1.29 is 4.42 Å². The average molecular weight is 1420 g/mol. The normalized spacial score (nSPS) is 14.7. The molecule has 24 rings (SSSR count). The van der Waals surface area contributed by atoms with Crippen LogP contribution in [0.25, 0.3) is 48.8 Å². The molecule has 0 atom stereocenters. The first-order valence-corrected chi connectivity index (χ1v) is 39.1. The van der Waals surface area contributed by atoms with Crippen molar-refractivity contribution in [3.63, 3.8) is 0 Å². The number of anilines is 17. The van der Waals surface area contributed by atoms with Gasteiger partial charge in [-0.05, 0) is 222 Å². The fourth-order valence-electron chi connectivity index (χ4n) is 20.1. The summed E-state index contributed by atoms with van der Waals surface area (Å²) in [7, 11) is 0. The van der Waals surface area contributed by atoms with Crippen molar-refractivity contribution in [3.05, 3.63) is 375 Å². The second kappa shape index (κ2) is 23.3. The highest BCUT2D eigenvalue weighted by Crippen LogP contribution is 2.57. The van der Waals surface area contributed by atoms with Crippen LogP contribution in [0.4, 0.5) is 96.2 Å². The highest BCUT2D eigenvalue weighted by Gasteiger charge is 2.53. The largest absolute Gasteiger partial charge is 0.440 e. The lowest BCUT2D eigenvalue weighted by Gasteiger charge is -2.46. The zero-order valence-electron chi connectivity index (χ0n) is 60.3. The van der Waals surface area contributed by atoms with Gasteiger partial charge in [0.15, 0.2) is 0 Å². The summed E-state index contributed by atoms with van der Waals surface area (Å²) in [5.74, 6) is 0.876. The zero-order valence-corrected chi connectivity index (χ0v) is 61.1. The van der Waals surface area contributed by atoms with Gasteiger partial charge in [0.25, 0.3) is 20.1 Å². The van der Waals surface area contributed by atoms with Gasteiger partial charge in [-0.3, -0.25) is 4.90 Å². The van der Waals surface area contributed by atoms with Gasteiger partial charge in [-0.15, -0.1) is 11.3 Å². The van der Waals surface area contributed by atoms with Crippen LogP contribution in [0.3, 0.4) is 0 Å². The van der Waals surface area contributed by atoms with E-state index in [-0.39, 0.29) is 25.6 Å². The topological polar surface area (TPSA) is 32.6 Å². The first kappa shape index (κ1) is 61.7. The lowest BCUT2D eigenvalue weighted by atomic mass is 9.32. The maximum Gasteiger partial charge on any atom is 0.257 e. The third-order valence-electron chi connectivity index (χ3n) is 24.6. The van der Waals surface area contributed by atoms with E-state index in [1.165, 1.54) is 138 Å². The second-order valence-corrected chi connectivity index (χ2v) is 31.6. The van der Waals surface area contributed by atoms with E-state index in [4.69, 9.17) is 4.42 Å². The summed E-state index contributed by atoms with van der Waals surface area (Å²) in [6.07, 6.45) is 0. The molecule has 15 aromatic carbocycles. The number of rotatable bonds is 8. The van der Waals surface area contributed by atoms with Crippen LogP contribution in [0.15, 0.2) is 368 Å². The van der Waals surface area contributed by atoms with E-state index in [0.29, 0.717) is 0 Å². The van der Waals surface area contributed by atoms with E-state index in [9.17, 15) is 0 Å². The number of furan rings is 1. The lowest BCUT2D eigenvalue weighted by Crippen LogP contribution is -2.61. The van der Waals surface area contributed by atoms with Crippen LogP contribution in [0, 0.1) is 0 Å². The van der Waals surface area contributed by atoms with E-state index in [1.54, 1.807) is 0 Å². The Labute approximate surface area is 643 Å². The Morgan fingerprint density at radius 2 is 0.636 bits per heavy atom. The van der Waals surface area contributed by atoms with Crippen molar-refractivity contribution in [2.45, 2.75) is 19.3 Å². The first-order valence-electron chi connectivity index (χ1n) is 38.2. The van der Waals surface area contributed by atoms with Crippen LogP contribution in [0.1, 0.15) is 25.0 Å². The van der Waals surface area contributed by atoms with Gasteiger partial charge in [0.1, 0.15) is 5.58 Å². The molecule has 2 aromatic heterocycles. The Kier molecular flexibility index (Phi) is 13.0. The molecule has 0 radical (unpaired) electrons. The second-order valence-electron chi connectivity index (χ2n) is 30.5. The molecule has 0 fully saturated rings. The fourth-order valence-corrected chi connectivity index (χ4v) is 21.4. The number of nitrogens with zero attached hydrogens (tertiary/aromatic N) is 6. The Hall–Kier alpha value is -13.5. The molecular weight excluding hydrogens is 1350 g/mol. The van der Waals surface area contributed by atoms with E-state index < -0.39 is 0 Å². The molecule has 6 aliphatic heterocycles. The average Bonchev–Trinajstić information content (AvgIpc) is 1.44. The van der Waals surface area contributed by atoms with E-state index in [0.717, 1.165) is 67.8 Å². The molecule has 0 saturated heterocycles. The molecule has 7 aliphatic rings. The minimum absolute atomic E-state index is 0.0122. The van der Waals surface area contributed by atoms with Gasteiger partial charge < -0.3 is 28.9 Å². The molecule has 0 saturated carbocycles. The van der Waals surface area contributed by atoms with Crippen molar-refractivity contribution in [1.82, 2.24) is 0 Å². The summed E-state index contributed by atoms with van der Waals surface area (Å²) >= 11 is 1.90. The summed E-state index contributed by atoms with van der Waals surface area (Å²) in [4.78, 5) is 14.9. The number of para-hydroxylation sites is 6. The van der Waals surface area contributed by atoms with Crippen molar-refractivity contribution in [2.75, 3.05) is 29.4 Å². The van der Waals surface area contributed by atoms with Gasteiger partial charge in [0.2, 0.25) is 5.88 Å². The van der Waals surface area contributed by atoms with Crippen LogP contribution in [0.5, 0.6) is 0 Å². The molecule has 0 spiro atoms. The highest BCUT2D eigenvalue weighted by molar-refractivity contribution is 7.26. The van der Waals surface area contributed by atoms with Gasteiger partial charge in [-0.2, -0.15) is 0 Å². The SMILES string of the molecule is CC1(C)C2=C(B3c4ccccc4N(c4ccccc4)c4cccc(c43)N2c2ccc(-c3ccc(N4c5ccccc5B5c6c4cccc6N(c4ccc(-c6ccc(N7c8ccccc8B8c9c7cccc9N(c7ccccc7)c7oc9ccccc9c78)cc6)cc4)c4sc6ccccc6c45)cc3)cc2)c2ccccc21. The predicted octanol–water partition coefficient (Wildman–Crippen LogP) is 20.9. The molecule has 0 unspecified atom stereocenters. The summed E-state index contributed by atoms with van der Waals surface area (Å²) in [6.45, 7) is 4.89. The third-order valence-corrected chi connectivity index (χ3v) is 25.8. The first-order chi connectivity index (χ1) is 54.4. The minimum atomic E-state index is -0.276. The molecule has 11 heteroatoms. The maximum absolute atomic E-state index is 6.90. The van der Waals surface area contributed by atoms with Gasteiger partial charge in [0, 0.05) is 112 Å². The standard InChI is InChI=1S/C99H65B3N6OS/c1-99(2)75-31-12-9-28-72(75)90-96(99)106(85-41-21-38-82-93(85)100(90)76-32-13-16-35-79(76)103(82)66-24-5-3-6-25-66)70-58-50-64(51-59-70)62-46-56-69(57-47-62)105-81-37-18-15-34-78(81)102-92-74-30-11-20-45-89(74)110-98(92)108(87-43-23-40-84(105)95(87)102)71-60-52-65(53-61-71)63-48-54-68(55-49-63)104-80-36-17-14-33-77(80)101-91-73-29-10-19-44-88(73)109-97(91)107(67-26-7-4-8-27-67)86-42-22-39-83(104)94(86)101/h3-61H,1-2H3. The Morgan fingerprint density at radius 3 is 1.17 bits per heavy atom. The maximum atomic E-state index is 6.90. The Balaban J connectivity index is 0.570. The van der Waals surface area contributed by atoms with Crippen molar-refractivity contribution in [2.24, 2.45) is 0 Å². The van der Waals surface area contributed by atoms with E-state index >= 15 is 0 Å². The molecule has 7 nitrogen and oxygen atoms in total. The number of thiophene rings is 1. The minimum Gasteiger partial charge on any atom is -0.440 e. The monoisotopic (exact) mass is 1420 g/mol. The molecule has 0 N–H and O–H groups in total. The smallest absolute Gasteiger partial charge is 0.257 e. The fraction of sp³-hybridized carbons (Fsp3) is 0.0303. The van der Waals surface area contributed by atoms with Crippen molar-refractivity contribution >= 4 is 198 Å². The van der Waals surface area contributed by atoms with Crippen LogP contribution in [-0.2, 0) is 5.41 Å². The highest BCUT2D eigenvalue weighted by atomic mass is 32.1. The van der Waals surface area contributed by atoms with Crippen molar-refractivity contribution in [1.29, 1.82) is 0 Å². The van der Waals surface area contributed by atoms with Gasteiger partial charge in [-0.25, -0.2) is 0 Å². The number of hydrogen-bond acceptors (Lipinski definition) is 8. The van der Waals surface area contributed by atoms with Crippen LogP contribution >= 0.6 is 11.3 Å². The molecule has 17 aromatic rings. The van der Waals surface area contributed by atoms with Gasteiger partial charge in [-0.1, -0.05) is 232 Å². The molecule has 1 aliphatic carbocycles.